The van der Waals surface area contributed by atoms with Crippen LogP contribution in [0.5, 0.6) is 0 Å². The van der Waals surface area contributed by atoms with E-state index in [-0.39, 0.29) is 17.3 Å². The van der Waals surface area contributed by atoms with Crippen LogP contribution in [0, 0.1) is 5.82 Å². The van der Waals surface area contributed by atoms with E-state index >= 15 is 0 Å². The van der Waals surface area contributed by atoms with Crippen LogP contribution in [0.1, 0.15) is 47.6 Å². The summed E-state index contributed by atoms with van der Waals surface area (Å²) in [6.45, 7) is 4.24. The number of rotatable bonds is 7. The van der Waals surface area contributed by atoms with Crippen LogP contribution >= 0.6 is 0 Å². The van der Waals surface area contributed by atoms with Gasteiger partial charge in [-0.05, 0) is 37.5 Å². The molecule has 1 saturated heterocycles. The molecule has 0 aliphatic carbocycles. The summed E-state index contributed by atoms with van der Waals surface area (Å²) >= 11 is 0. The van der Waals surface area contributed by atoms with E-state index in [9.17, 15) is 14.0 Å². The molecule has 2 aromatic heterocycles. The summed E-state index contributed by atoms with van der Waals surface area (Å²) in [6.07, 6.45) is 5.53. The minimum atomic E-state index is -0.492. The summed E-state index contributed by atoms with van der Waals surface area (Å²) in [5.41, 5.74) is 1.48. The third-order valence-electron chi connectivity index (χ3n) is 5.46. The molecule has 1 unspecified atom stereocenters. The molecule has 0 radical (unpaired) electrons. The highest BCUT2D eigenvalue weighted by Crippen LogP contribution is 2.21. The lowest BCUT2D eigenvalue weighted by atomic mass is 10.0. The van der Waals surface area contributed by atoms with Gasteiger partial charge in [-0.25, -0.2) is 14.4 Å². The number of anilines is 1. The number of hydrogen-bond acceptors (Lipinski definition) is 5. The molecule has 0 bridgehead atoms. The number of halogens is 1. The summed E-state index contributed by atoms with van der Waals surface area (Å²) in [5, 5.41) is 3.00. The Labute approximate surface area is 179 Å². The van der Waals surface area contributed by atoms with Gasteiger partial charge in [0.25, 0.3) is 11.5 Å². The molecule has 3 aromatic rings. The highest BCUT2D eigenvalue weighted by molar-refractivity contribution is 5.92. The van der Waals surface area contributed by atoms with E-state index in [2.05, 4.69) is 25.2 Å². The van der Waals surface area contributed by atoms with Crippen molar-refractivity contribution in [3.63, 3.8) is 0 Å². The van der Waals surface area contributed by atoms with Gasteiger partial charge in [-0.15, -0.1) is 0 Å². The Balaban J connectivity index is 1.62. The Morgan fingerprint density at radius 1 is 1.26 bits per heavy atom. The third kappa shape index (κ3) is 4.82. The second-order valence-corrected chi connectivity index (χ2v) is 7.60. The molecule has 0 spiro atoms. The molecule has 0 saturated carbocycles. The first-order valence-electron chi connectivity index (χ1n) is 10.4. The van der Waals surface area contributed by atoms with E-state index in [1.54, 1.807) is 23.0 Å². The predicted octanol–water partition coefficient (Wildman–Crippen LogP) is 2.44. The number of nitrogens with one attached hydrogen (secondary N) is 2. The number of imidazole rings is 1. The fraction of sp³-hybridized carbons (Fsp3) is 0.364. The van der Waals surface area contributed by atoms with Crippen LogP contribution < -0.4 is 15.8 Å². The van der Waals surface area contributed by atoms with Gasteiger partial charge in [0.1, 0.15) is 11.5 Å². The number of amides is 1. The molecule has 1 aliphatic rings. The third-order valence-corrected chi connectivity index (χ3v) is 5.46. The molecule has 2 N–H and O–H groups in total. The topological polar surface area (TPSA) is 95.9 Å². The second kappa shape index (κ2) is 9.11. The molecule has 9 heteroatoms. The molecule has 3 heterocycles. The Morgan fingerprint density at radius 3 is 2.71 bits per heavy atom. The first-order valence-corrected chi connectivity index (χ1v) is 10.4. The normalized spacial score (nSPS) is 14.6. The highest BCUT2D eigenvalue weighted by atomic mass is 19.1. The average Bonchev–Trinajstić information content (AvgIpc) is 3.45. The van der Waals surface area contributed by atoms with Crippen molar-refractivity contribution in [1.82, 2.24) is 24.8 Å². The van der Waals surface area contributed by atoms with Crippen LogP contribution in [-0.2, 0) is 13.0 Å². The van der Waals surface area contributed by atoms with E-state index in [1.165, 1.54) is 24.4 Å². The Hall–Kier alpha value is -3.49. The lowest BCUT2D eigenvalue weighted by Crippen LogP contribution is -2.32. The van der Waals surface area contributed by atoms with Gasteiger partial charge in [-0.2, -0.15) is 0 Å². The lowest BCUT2D eigenvalue weighted by Gasteiger charge is -2.21. The monoisotopic (exact) mass is 424 g/mol. The number of nitrogens with zero attached hydrogens (tertiary/aromatic N) is 4. The maximum absolute atomic E-state index is 13.5. The maximum atomic E-state index is 13.5. The summed E-state index contributed by atoms with van der Waals surface area (Å²) in [4.78, 5) is 38.7. The number of aromatic nitrogens is 4. The number of hydrogen-bond donors (Lipinski definition) is 2. The zero-order valence-electron chi connectivity index (χ0n) is 17.3. The van der Waals surface area contributed by atoms with E-state index < -0.39 is 6.04 Å². The largest absolute Gasteiger partial charge is 0.344 e. The molecule has 1 aliphatic heterocycles. The highest BCUT2D eigenvalue weighted by Gasteiger charge is 2.21. The predicted molar refractivity (Wildman–Crippen MR) is 115 cm³/mol. The lowest BCUT2D eigenvalue weighted by molar-refractivity contribution is 0.0927. The molecule has 4 rings (SSSR count). The first kappa shape index (κ1) is 20.8. The number of H-pyrrole nitrogens is 1. The average molecular weight is 424 g/mol. The molecular weight excluding hydrogens is 399 g/mol. The van der Waals surface area contributed by atoms with Gasteiger partial charge in [0.2, 0.25) is 5.95 Å². The van der Waals surface area contributed by atoms with Gasteiger partial charge in [0.05, 0.1) is 24.3 Å². The molecule has 1 amide bonds. The van der Waals surface area contributed by atoms with Gasteiger partial charge in [-0.1, -0.05) is 12.1 Å². The molecule has 1 aromatic carbocycles. The van der Waals surface area contributed by atoms with Gasteiger partial charge in [0, 0.05) is 32.1 Å². The fourth-order valence-electron chi connectivity index (χ4n) is 3.83. The van der Waals surface area contributed by atoms with Gasteiger partial charge in [0.15, 0.2) is 0 Å². The Morgan fingerprint density at radius 2 is 2.00 bits per heavy atom. The van der Waals surface area contributed by atoms with Crippen LogP contribution in [0.3, 0.4) is 0 Å². The molecule has 162 valence electrons. The first-order chi connectivity index (χ1) is 15.0. The van der Waals surface area contributed by atoms with Crippen molar-refractivity contribution < 1.29 is 9.18 Å². The van der Waals surface area contributed by atoms with Crippen LogP contribution in [0.15, 0.2) is 47.7 Å². The quantitative estimate of drug-likeness (QED) is 0.607. The standard InChI is InChI=1S/C22H25FN6O2/c1-2-28-14-24-13-19(28)21(31)26-18(15-5-7-16(23)8-6-15)11-17-12-20(30)27-22(25-17)29-9-3-4-10-29/h5-8,12-14,18H,2-4,9-11H2,1H3,(H,26,31)(H,25,27,30). The number of aromatic amines is 1. The van der Waals surface area contributed by atoms with E-state index in [4.69, 9.17) is 0 Å². The van der Waals surface area contributed by atoms with Crippen LogP contribution in [0.4, 0.5) is 10.3 Å². The summed E-state index contributed by atoms with van der Waals surface area (Å²) in [5.74, 6) is -0.102. The van der Waals surface area contributed by atoms with Crippen LogP contribution in [0.2, 0.25) is 0 Å². The van der Waals surface area contributed by atoms with Crippen molar-refractivity contribution in [2.45, 2.75) is 38.8 Å². The van der Waals surface area contributed by atoms with E-state index in [0.717, 1.165) is 31.5 Å². The van der Waals surface area contributed by atoms with E-state index in [0.29, 0.717) is 30.3 Å². The zero-order valence-corrected chi connectivity index (χ0v) is 17.3. The van der Waals surface area contributed by atoms with Gasteiger partial charge < -0.3 is 14.8 Å². The van der Waals surface area contributed by atoms with Crippen molar-refractivity contribution in [2.24, 2.45) is 0 Å². The minimum Gasteiger partial charge on any atom is -0.344 e. The minimum absolute atomic E-state index is 0.236. The fourth-order valence-corrected chi connectivity index (χ4v) is 3.83. The summed E-state index contributed by atoms with van der Waals surface area (Å²) in [6, 6.07) is 6.92. The van der Waals surface area contributed by atoms with Crippen molar-refractivity contribution >= 4 is 11.9 Å². The van der Waals surface area contributed by atoms with Gasteiger partial charge >= 0.3 is 0 Å². The van der Waals surface area contributed by atoms with Crippen LogP contribution in [0.25, 0.3) is 0 Å². The van der Waals surface area contributed by atoms with Crippen molar-refractivity contribution in [1.29, 1.82) is 0 Å². The zero-order chi connectivity index (χ0) is 21.8. The van der Waals surface area contributed by atoms with Crippen molar-refractivity contribution in [3.05, 3.63) is 76.0 Å². The number of benzene rings is 1. The maximum Gasteiger partial charge on any atom is 0.270 e. The SMILES string of the molecule is CCn1cncc1C(=O)NC(Cc1cc(=O)[nH]c(N2CCCC2)n1)c1ccc(F)cc1. The smallest absolute Gasteiger partial charge is 0.270 e. The molecule has 31 heavy (non-hydrogen) atoms. The molecular formula is C22H25FN6O2. The molecule has 1 atom stereocenters. The van der Waals surface area contributed by atoms with Gasteiger partial charge in [-0.3, -0.25) is 14.6 Å². The van der Waals surface area contributed by atoms with Crippen LogP contribution in [-0.4, -0.2) is 38.5 Å². The number of aryl methyl sites for hydroxylation is 1. The number of carbonyl (C=O) groups excluding carboxylic acids is 1. The summed E-state index contributed by atoms with van der Waals surface area (Å²) in [7, 11) is 0. The Bertz CT molecular complexity index is 1100. The second-order valence-electron chi connectivity index (χ2n) is 7.60. The van der Waals surface area contributed by atoms with Crippen molar-refractivity contribution in [3.8, 4) is 0 Å². The number of carbonyl (C=O) groups is 1. The van der Waals surface area contributed by atoms with E-state index in [1.807, 2.05) is 6.92 Å². The Kier molecular flexibility index (Phi) is 6.11. The molecule has 1 fully saturated rings. The summed E-state index contributed by atoms with van der Waals surface area (Å²) < 4.78 is 15.2. The van der Waals surface area contributed by atoms with Crippen molar-refractivity contribution in [2.75, 3.05) is 18.0 Å². The molecule has 8 nitrogen and oxygen atoms in total.